The minimum atomic E-state index is -0.673. The van der Waals surface area contributed by atoms with Crippen LogP contribution in [0.1, 0.15) is 40.5 Å². The molecule has 0 unspecified atom stereocenters. The highest BCUT2D eigenvalue weighted by Gasteiger charge is 2.23. The van der Waals surface area contributed by atoms with Crippen molar-refractivity contribution in [2.45, 2.75) is 32.4 Å². The lowest BCUT2D eigenvalue weighted by Gasteiger charge is -2.18. The van der Waals surface area contributed by atoms with Gasteiger partial charge in [-0.1, -0.05) is 24.3 Å². The first-order valence-electron chi connectivity index (χ1n) is 11.5. The molecule has 178 valence electrons. The third-order valence-electron chi connectivity index (χ3n) is 5.92. The van der Waals surface area contributed by atoms with Crippen molar-refractivity contribution in [1.82, 2.24) is 14.0 Å². The lowest BCUT2D eigenvalue weighted by molar-refractivity contribution is 0.0521. The number of amides is 1. The summed E-state index contributed by atoms with van der Waals surface area (Å²) in [6.45, 7) is 2.72. The smallest absolute Gasteiger partial charge is 0.341 e. The van der Waals surface area contributed by atoms with Crippen LogP contribution in [-0.4, -0.2) is 45.1 Å². The van der Waals surface area contributed by atoms with Gasteiger partial charge in [0.2, 0.25) is 0 Å². The maximum Gasteiger partial charge on any atom is 0.341 e. The van der Waals surface area contributed by atoms with Crippen LogP contribution in [0.25, 0.3) is 16.7 Å². The van der Waals surface area contributed by atoms with Crippen molar-refractivity contribution in [3.63, 3.8) is 0 Å². The zero-order valence-corrected chi connectivity index (χ0v) is 19.2. The number of fused-ring (bicyclic) bond motifs is 2. The molecular weight excluding hydrogens is 448 g/mol. The van der Waals surface area contributed by atoms with E-state index in [4.69, 9.17) is 14.5 Å². The van der Waals surface area contributed by atoms with E-state index in [2.05, 4.69) is 4.99 Å². The van der Waals surface area contributed by atoms with Gasteiger partial charge in [-0.05, 0) is 50.1 Å². The number of nitrogens with zero attached hydrogens (tertiary/aromatic N) is 4. The molecule has 0 bridgehead atoms. The summed E-state index contributed by atoms with van der Waals surface area (Å²) < 4.78 is 14.2. The Kier molecular flexibility index (Phi) is 6.24. The zero-order valence-electron chi connectivity index (χ0n) is 19.2. The van der Waals surface area contributed by atoms with Gasteiger partial charge in [0.15, 0.2) is 5.49 Å². The summed E-state index contributed by atoms with van der Waals surface area (Å²) in [4.78, 5) is 48.6. The number of benzene rings is 1. The summed E-state index contributed by atoms with van der Waals surface area (Å²) in [6, 6.07) is 15.3. The molecule has 0 N–H and O–H groups in total. The Morgan fingerprint density at radius 3 is 2.71 bits per heavy atom. The Hall–Kier alpha value is -4.11. The van der Waals surface area contributed by atoms with Gasteiger partial charge in [0.25, 0.3) is 11.5 Å². The van der Waals surface area contributed by atoms with E-state index in [-0.39, 0.29) is 41.3 Å². The van der Waals surface area contributed by atoms with Crippen LogP contribution in [0.15, 0.2) is 70.6 Å². The Labute approximate surface area is 200 Å². The second kappa shape index (κ2) is 9.63. The average molecular weight is 473 g/mol. The number of ether oxygens (including phenoxy) is 2. The van der Waals surface area contributed by atoms with Crippen LogP contribution in [0, 0.1) is 0 Å². The fraction of sp³-hybridized carbons (Fsp3) is 0.269. The number of hydrogen-bond donors (Lipinski definition) is 0. The second-order valence-electron chi connectivity index (χ2n) is 8.21. The van der Waals surface area contributed by atoms with Gasteiger partial charge in [0.05, 0.1) is 24.6 Å². The van der Waals surface area contributed by atoms with Gasteiger partial charge >= 0.3 is 5.97 Å². The van der Waals surface area contributed by atoms with E-state index in [1.54, 1.807) is 66.2 Å². The van der Waals surface area contributed by atoms with Gasteiger partial charge in [0.1, 0.15) is 16.9 Å². The molecule has 0 aliphatic carbocycles. The van der Waals surface area contributed by atoms with E-state index in [0.717, 1.165) is 12.8 Å². The highest BCUT2D eigenvalue weighted by molar-refractivity contribution is 5.97. The molecule has 0 radical (unpaired) electrons. The number of aromatic nitrogens is 3. The molecule has 1 aromatic carbocycles. The number of rotatable bonds is 5. The SMILES string of the molecule is CCOC(=O)c1cc2c(=O)n3ccccc3nc2n(C[C@H]2CCCO2)c1=NC(=O)c1ccccc1. The van der Waals surface area contributed by atoms with E-state index in [1.165, 1.54) is 10.5 Å². The van der Waals surface area contributed by atoms with Gasteiger partial charge < -0.3 is 14.0 Å². The molecule has 35 heavy (non-hydrogen) atoms. The van der Waals surface area contributed by atoms with Crippen LogP contribution in [-0.2, 0) is 16.0 Å². The van der Waals surface area contributed by atoms with E-state index in [9.17, 15) is 14.4 Å². The molecule has 1 atom stereocenters. The number of pyridine rings is 2. The topological polar surface area (TPSA) is 104 Å². The third-order valence-corrected chi connectivity index (χ3v) is 5.92. The predicted octanol–water partition coefficient (Wildman–Crippen LogP) is 2.75. The molecule has 4 aromatic rings. The molecule has 9 nitrogen and oxygen atoms in total. The van der Waals surface area contributed by atoms with Crippen LogP contribution in [0.2, 0.25) is 0 Å². The van der Waals surface area contributed by atoms with E-state index in [1.807, 2.05) is 0 Å². The summed E-state index contributed by atoms with van der Waals surface area (Å²) in [6.07, 6.45) is 3.15. The van der Waals surface area contributed by atoms with Crippen LogP contribution in [0.3, 0.4) is 0 Å². The number of hydrogen-bond acceptors (Lipinski definition) is 6. The predicted molar refractivity (Wildman–Crippen MR) is 128 cm³/mol. The maximum atomic E-state index is 13.4. The number of esters is 1. The zero-order chi connectivity index (χ0) is 24.4. The van der Waals surface area contributed by atoms with Crippen molar-refractivity contribution in [2.75, 3.05) is 13.2 Å². The van der Waals surface area contributed by atoms with Gasteiger partial charge in [0, 0.05) is 18.4 Å². The fourth-order valence-electron chi connectivity index (χ4n) is 4.26. The number of carbonyl (C=O) groups is 2. The van der Waals surface area contributed by atoms with Crippen LogP contribution >= 0.6 is 0 Å². The summed E-state index contributed by atoms with van der Waals surface area (Å²) in [5, 5.41) is 0.223. The molecule has 3 aromatic heterocycles. The van der Waals surface area contributed by atoms with Crippen molar-refractivity contribution in [2.24, 2.45) is 4.99 Å². The summed E-state index contributed by atoms with van der Waals surface area (Å²) in [5.41, 5.74) is 0.916. The average Bonchev–Trinajstić information content (AvgIpc) is 3.39. The molecule has 1 fully saturated rings. The maximum absolute atomic E-state index is 13.4. The van der Waals surface area contributed by atoms with Crippen LogP contribution in [0.4, 0.5) is 0 Å². The van der Waals surface area contributed by atoms with Crippen LogP contribution in [0.5, 0.6) is 0 Å². The molecule has 1 aliphatic heterocycles. The van der Waals surface area contributed by atoms with Gasteiger partial charge in [-0.3, -0.25) is 14.0 Å². The molecule has 9 heteroatoms. The molecule has 1 amide bonds. The largest absolute Gasteiger partial charge is 0.462 e. The molecule has 4 heterocycles. The molecule has 0 saturated carbocycles. The Balaban J connectivity index is 1.86. The first kappa shape index (κ1) is 22.7. The minimum Gasteiger partial charge on any atom is -0.462 e. The van der Waals surface area contributed by atoms with Gasteiger partial charge in [-0.15, -0.1) is 0 Å². The van der Waals surface area contributed by atoms with E-state index in [0.29, 0.717) is 23.5 Å². The fourth-order valence-corrected chi connectivity index (χ4v) is 4.26. The van der Waals surface area contributed by atoms with Crippen molar-refractivity contribution in [3.05, 3.63) is 87.8 Å². The molecule has 5 rings (SSSR count). The first-order chi connectivity index (χ1) is 17.1. The highest BCUT2D eigenvalue weighted by Crippen LogP contribution is 2.17. The van der Waals surface area contributed by atoms with E-state index >= 15 is 0 Å². The Bertz CT molecular complexity index is 1550. The second-order valence-corrected chi connectivity index (χ2v) is 8.21. The molecule has 1 aliphatic rings. The van der Waals surface area contributed by atoms with E-state index < -0.39 is 11.9 Å². The summed E-state index contributed by atoms with van der Waals surface area (Å²) >= 11 is 0. The quantitative estimate of drug-likeness (QED) is 0.327. The van der Waals surface area contributed by atoms with Gasteiger partial charge in [-0.25, -0.2) is 9.78 Å². The lowest BCUT2D eigenvalue weighted by Crippen LogP contribution is -2.35. The van der Waals surface area contributed by atoms with Crippen LogP contribution < -0.4 is 11.0 Å². The standard InChI is InChI=1S/C26H24N4O5/c1-2-34-26(33)20-15-19-22(27-21-12-6-7-13-29(21)25(19)32)30(16-18-11-8-14-35-18)23(20)28-24(31)17-9-4-3-5-10-17/h3-7,9-10,12-13,15,18H,2,8,11,14,16H2,1H3/t18-/m1/s1. The summed E-state index contributed by atoms with van der Waals surface area (Å²) in [5.74, 6) is -1.19. The molecular formula is C26H24N4O5. The summed E-state index contributed by atoms with van der Waals surface area (Å²) in [7, 11) is 0. The number of carbonyl (C=O) groups excluding carboxylic acids is 2. The lowest BCUT2D eigenvalue weighted by atomic mass is 10.1. The van der Waals surface area contributed by atoms with Gasteiger partial charge in [-0.2, -0.15) is 4.99 Å². The third kappa shape index (κ3) is 4.38. The minimum absolute atomic E-state index is 0.0245. The Morgan fingerprint density at radius 1 is 1.17 bits per heavy atom. The molecule has 0 spiro atoms. The normalized spacial score (nSPS) is 16.1. The first-order valence-corrected chi connectivity index (χ1v) is 11.5. The van der Waals surface area contributed by atoms with Crippen molar-refractivity contribution < 1.29 is 19.1 Å². The van der Waals surface area contributed by atoms with Crippen molar-refractivity contribution in [1.29, 1.82) is 0 Å². The Morgan fingerprint density at radius 2 is 1.97 bits per heavy atom. The monoisotopic (exact) mass is 472 g/mol. The van der Waals surface area contributed by atoms with Crippen molar-refractivity contribution in [3.8, 4) is 0 Å². The van der Waals surface area contributed by atoms with Crippen molar-refractivity contribution >= 4 is 28.6 Å². The molecule has 1 saturated heterocycles. The highest BCUT2D eigenvalue weighted by atomic mass is 16.5.